The zero-order valence-electron chi connectivity index (χ0n) is 17.1. The number of aromatic nitrogens is 1. The van der Waals surface area contributed by atoms with Crippen LogP contribution in [-0.4, -0.2) is 46.4 Å². The van der Waals surface area contributed by atoms with Gasteiger partial charge in [-0.15, -0.1) is 0 Å². The average molecular weight is 410 g/mol. The van der Waals surface area contributed by atoms with Crippen LogP contribution in [0, 0.1) is 11.8 Å². The van der Waals surface area contributed by atoms with Crippen LogP contribution in [0.1, 0.15) is 55.6 Å². The van der Waals surface area contributed by atoms with Gasteiger partial charge in [0.15, 0.2) is 0 Å². The quantitative estimate of drug-likeness (QED) is 0.744. The van der Waals surface area contributed by atoms with E-state index in [0.29, 0.717) is 23.8 Å². The number of carbonyl (C=O) groups is 1. The van der Waals surface area contributed by atoms with Gasteiger partial charge in [-0.05, 0) is 59.3 Å². The maximum Gasteiger partial charge on any atom is 0.225 e. The molecule has 2 aromatic heterocycles. The number of hydrogen-bond acceptors (Lipinski definition) is 4. The molecular weight excluding hydrogens is 378 g/mol. The lowest BCUT2D eigenvalue weighted by Gasteiger charge is -2.40. The van der Waals surface area contributed by atoms with Gasteiger partial charge in [-0.3, -0.25) is 14.7 Å². The molecule has 29 heavy (non-hydrogen) atoms. The average Bonchev–Trinajstić information content (AvgIpc) is 3.42. The Morgan fingerprint density at radius 3 is 2.66 bits per heavy atom. The minimum atomic E-state index is 0.278. The third-order valence-corrected chi connectivity index (χ3v) is 8.08. The summed E-state index contributed by atoms with van der Waals surface area (Å²) in [5.41, 5.74) is 2.77. The first-order valence-corrected chi connectivity index (χ1v) is 12.2. The third-order valence-electron chi connectivity index (χ3n) is 7.38. The van der Waals surface area contributed by atoms with Crippen LogP contribution in [0.3, 0.4) is 0 Å². The molecule has 4 heterocycles. The fraction of sp³-hybridized carbons (Fsp3) is 0.583. The fourth-order valence-electron chi connectivity index (χ4n) is 5.87. The molecule has 154 valence electrons. The standard InChI is InChI=1S/C24H31N3OS/c28-24(19-4-2-1-3-5-19)27-16-21(20-9-13-29-17-20)22-15-26(12-8-23(22)27)14-18-6-10-25-11-7-18/h6-7,9-11,13,17,19,21-23H,1-5,8,12,14-16H2/t21-,22-,23-/m1/s1. The van der Waals surface area contributed by atoms with Crippen molar-refractivity contribution >= 4 is 17.2 Å². The highest BCUT2D eigenvalue weighted by molar-refractivity contribution is 7.08. The van der Waals surface area contributed by atoms with Crippen LogP contribution in [0.25, 0.3) is 0 Å². The van der Waals surface area contributed by atoms with E-state index < -0.39 is 0 Å². The Bertz CT molecular complexity index is 803. The third kappa shape index (κ3) is 3.99. The van der Waals surface area contributed by atoms with Crippen molar-refractivity contribution in [1.82, 2.24) is 14.8 Å². The van der Waals surface area contributed by atoms with E-state index in [1.165, 1.54) is 30.4 Å². The van der Waals surface area contributed by atoms with Crippen molar-refractivity contribution in [3.05, 3.63) is 52.5 Å². The van der Waals surface area contributed by atoms with Crippen molar-refractivity contribution in [1.29, 1.82) is 0 Å². The summed E-state index contributed by atoms with van der Waals surface area (Å²) in [7, 11) is 0. The van der Waals surface area contributed by atoms with E-state index in [-0.39, 0.29) is 5.92 Å². The first-order valence-electron chi connectivity index (χ1n) is 11.2. The van der Waals surface area contributed by atoms with Gasteiger partial charge in [0.1, 0.15) is 0 Å². The van der Waals surface area contributed by atoms with Crippen LogP contribution in [0.4, 0.5) is 0 Å². The predicted molar refractivity (Wildman–Crippen MR) is 117 cm³/mol. The van der Waals surface area contributed by atoms with Crippen molar-refractivity contribution in [3.63, 3.8) is 0 Å². The predicted octanol–water partition coefficient (Wildman–Crippen LogP) is 4.54. The van der Waals surface area contributed by atoms with E-state index in [4.69, 9.17) is 0 Å². The van der Waals surface area contributed by atoms with Crippen LogP contribution < -0.4 is 0 Å². The molecule has 5 rings (SSSR count). The van der Waals surface area contributed by atoms with E-state index in [2.05, 4.69) is 43.7 Å². The largest absolute Gasteiger partial charge is 0.338 e. The fourth-order valence-corrected chi connectivity index (χ4v) is 6.60. The van der Waals surface area contributed by atoms with E-state index in [9.17, 15) is 4.79 Å². The summed E-state index contributed by atoms with van der Waals surface area (Å²) >= 11 is 1.78. The topological polar surface area (TPSA) is 36.4 Å². The number of carbonyl (C=O) groups excluding carboxylic acids is 1. The molecular formula is C24H31N3OS. The molecule has 0 unspecified atom stereocenters. The summed E-state index contributed by atoms with van der Waals surface area (Å²) < 4.78 is 0. The highest BCUT2D eigenvalue weighted by Crippen LogP contribution is 2.43. The smallest absolute Gasteiger partial charge is 0.225 e. The van der Waals surface area contributed by atoms with Gasteiger partial charge in [-0.1, -0.05) is 19.3 Å². The number of amides is 1. The van der Waals surface area contributed by atoms with Gasteiger partial charge in [0.05, 0.1) is 0 Å². The van der Waals surface area contributed by atoms with Crippen LogP contribution in [0.15, 0.2) is 41.4 Å². The molecule has 0 spiro atoms. The van der Waals surface area contributed by atoms with Crippen molar-refractivity contribution in [2.75, 3.05) is 19.6 Å². The number of thiophene rings is 1. The first kappa shape index (κ1) is 19.3. The first-order chi connectivity index (χ1) is 14.3. The zero-order chi connectivity index (χ0) is 19.6. The number of fused-ring (bicyclic) bond motifs is 1. The van der Waals surface area contributed by atoms with Crippen molar-refractivity contribution < 1.29 is 4.79 Å². The maximum absolute atomic E-state index is 13.5. The van der Waals surface area contributed by atoms with Crippen molar-refractivity contribution in [3.8, 4) is 0 Å². The van der Waals surface area contributed by atoms with Gasteiger partial charge in [-0.2, -0.15) is 11.3 Å². The monoisotopic (exact) mass is 409 g/mol. The molecule has 0 radical (unpaired) electrons. The number of likely N-dealkylation sites (tertiary alicyclic amines) is 2. The summed E-state index contributed by atoms with van der Waals surface area (Å²) in [6.07, 6.45) is 10.8. The lowest BCUT2D eigenvalue weighted by atomic mass is 9.82. The molecule has 2 aliphatic heterocycles. The number of nitrogens with zero attached hydrogens (tertiary/aromatic N) is 3. The molecule has 0 N–H and O–H groups in total. The Kier molecular flexibility index (Phi) is 5.69. The molecule has 3 atom stereocenters. The van der Waals surface area contributed by atoms with Gasteiger partial charge in [0.25, 0.3) is 0 Å². The number of piperidine rings is 1. The van der Waals surface area contributed by atoms with Gasteiger partial charge in [0.2, 0.25) is 5.91 Å². The van der Waals surface area contributed by atoms with Gasteiger partial charge < -0.3 is 4.90 Å². The molecule has 3 aliphatic rings. The molecule has 2 saturated heterocycles. The van der Waals surface area contributed by atoms with E-state index in [1.54, 1.807) is 11.3 Å². The van der Waals surface area contributed by atoms with Crippen LogP contribution in [-0.2, 0) is 11.3 Å². The maximum atomic E-state index is 13.5. The SMILES string of the molecule is O=C(C1CCCCC1)N1C[C@H](c2ccsc2)[C@H]2CN(Cc3ccncc3)CC[C@H]21. The second-order valence-electron chi connectivity index (χ2n) is 9.10. The highest BCUT2D eigenvalue weighted by atomic mass is 32.1. The molecule has 1 amide bonds. The summed E-state index contributed by atoms with van der Waals surface area (Å²) in [5.74, 6) is 1.77. The second kappa shape index (κ2) is 8.57. The van der Waals surface area contributed by atoms with Gasteiger partial charge in [-0.25, -0.2) is 0 Å². The molecule has 4 nitrogen and oxygen atoms in total. The Balaban J connectivity index is 1.34. The van der Waals surface area contributed by atoms with Crippen LogP contribution >= 0.6 is 11.3 Å². The number of hydrogen-bond donors (Lipinski definition) is 0. The molecule has 1 saturated carbocycles. The Labute approximate surface area is 177 Å². The molecule has 2 aromatic rings. The van der Waals surface area contributed by atoms with Crippen LogP contribution in [0.5, 0.6) is 0 Å². The van der Waals surface area contributed by atoms with E-state index in [1.807, 2.05) is 12.4 Å². The Morgan fingerprint density at radius 1 is 1.07 bits per heavy atom. The molecule has 0 aromatic carbocycles. The normalized spacial score (nSPS) is 28.4. The van der Waals surface area contributed by atoms with E-state index >= 15 is 0 Å². The van der Waals surface area contributed by atoms with Gasteiger partial charge in [0, 0.05) is 62.4 Å². The summed E-state index contributed by atoms with van der Waals surface area (Å²) in [6.45, 7) is 4.07. The van der Waals surface area contributed by atoms with Crippen LogP contribution in [0.2, 0.25) is 0 Å². The van der Waals surface area contributed by atoms with Gasteiger partial charge >= 0.3 is 0 Å². The number of rotatable bonds is 4. The lowest BCUT2D eigenvalue weighted by molar-refractivity contribution is -0.138. The molecule has 3 fully saturated rings. The van der Waals surface area contributed by atoms with Crippen molar-refractivity contribution in [2.24, 2.45) is 11.8 Å². The highest BCUT2D eigenvalue weighted by Gasteiger charge is 2.48. The molecule has 5 heteroatoms. The Morgan fingerprint density at radius 2 is 1.90 bits per heavy atom. The van der Waals surface area contributed by atoms with E-state index in [0.717, 1.165) is 45.4 Å². The summed E-state index contributed by atoms with van der Waals surface area (Å²) in [5, 5.41) is 4.49. The molecule has 1 aliphatic carbocycles. The summed E-state index contributed by atoms with van der Waals surface area (Å²) in [4.78, 5) is 22.5. The summed E-state index contributed by atoms with van der Waals surface area (Å²) in [6, 6.07) is 6.94. The number of pyridine rings is 1. The lowest BCUT2D eigenvalue weighted by Crippen LogP contribution is -2.49. The zero-order valence-corrected chi connectivity index (χ0v) is 17.9. The second-order valence-corrected chi connectivity index (χ2v) is 9.88. The minimum absolute atomic E-state index is 0.278. The Hall–Kier alpha value is -1.72. The van der Waals surface area contributed by atoms with Crippen molar-refractivity contribution in [2.45, 2.75) is 57.0 Å². The molecule has 0 bridgehead atoms. The minimum Gasteiger partial charge on any atom is -0.338 e.